The standard InChI is InChI=1S/C4H5.3ClH.Sn/c1-2-4-3-1;;;;/h1-3H,4H2;3*1H;/q;;;;+3/p-3. The summed E-state index contributed by atoms with van der Waals surface area (Å²) in [7, 11) is 17.2. The van der Waals surface area contributed by atoms with Gasteiger partial charge in [-0.25, -0.2) is 0 Å². The molecule has 0 aromatic rings. The van der Waals surface area contributed by atoms with Crippen LogP contribution in [0, 0.1) is 0 Å². The molecule has 0 saturated heterocycles. The first-order valence-electron chi connectivity index (χ1n) is 2.34. The molecule has 0 bridgehead atoms. The van der Waals surface area contributed by atoms with Gasteiger partial charge in [0.25, 0.3) is 0 Å². The van der Waals surface area contributed by atoms with E-state index in [2.05, 4.69) is 0 Å². The SMILES string of the molecule is [Cl][Sn]([Cl])([Cl])[CH]1C=CC1. The number of halogens is 3. The van der Waals surface area contributed by atoms with E-state index in [1.165, 1.54) is 0 Å². The van der Waals surface area contributed by atoms with Gasteiger partial charge >= 0.3 is 64.3 Å². The zero-order valence-corrected chi connectivity index (χ0v) is 9.19. The van der Waals surface area contributed by atoms with Crippen LogP contribution in [0.3, 0.4) is 0 Å². The Morgan fingerprint density at radius 2 is 1.88 bits per heavy atom. The Bertz CT molecular complexity index is 115. The van der Waals surface area contributed by atoms with Gasteiger partial charge in [0.1, 0.15) is 0 Å². The van der Waals surface area contributed by atoms with Crippen LogP contribution >= 0.6 is 26.8 Å². The summed E-state index contributed by atoms with van der Waals surface area (Å²) in [6.07, 6.45) is 5.04. The molecule has 0 fully saturated rings. The second-order valence-corrected chi connectivity index (χ2v) is 22.9. The van der Waals surface area contributed by atoms with Crippen LogP contribution in [0.4, 0.5) is 0 Å². The Balaban J connectivity index is 2.48. The van der Waals surface area contributed by atoms with Gasteiger partial charge in [-0.15, -0.1) is 0 Å². The Labute approximate surface area is 63.8 Å². The average Bonchev–Trinajstić information content (AvgIpc) is 1.16. The topological polar surface area (TPSA) is 0 Å². The van der Waals surface area contributed by atoms with Gasteiger partial charge in [-0.3, -0.25) is 0 Å². The first-order chi connectivity index (χ1) is 3.61. The Kier molecular flexibility index (Phi) is 2.41. The van der Waals surface area contributed by atoms with Crippen molar-refractivity contribution in [2.75, 3.05) is 0 Å². The van der Waals surface area contributed by atoms with Gasteiger partial charge in [0.05, 0.1) is 0 Å². The number of rotatable bonds is 1. The van der Waals surface area contributed by atoms with Crippen LogP contribution in [0.2, 0.25) is 3.93 Å². The maximum atomic E-state index is 5.72. The molecule has 0 aliphatic heterocycles. The molecule has 0 saturated carbocycles. The van der Waals surface area contributed by atoms with Crippen molar-refractivity contribution in [1.82, 2.24) is 0 Å². The molecule has 1 unspecified atom stereocenters. The third kappa shape index (κ3) is 1.69. The molecule has 8 heavy (non-hydrogen) atoms. The van der Waals surface area contributed by atoms with E-state index in [1.54, 1.807) is 0 Å². The van der Waals surface area contributed by atoms with Crippen LogP contribution < -0.4 is 0 Å². The van der Waals surface area contributed by atoms with E-state index in [1.807, 2.05) is 12.2 Å². The molecule has 1 aliphatic rings. The Hall–Kier alpha value is 1.41. The van der Waals surface area contributed by atoms with Gasteiger partial charge in [-0.05, 0) is 0 Å². The van der Waals surface area contributed by atoms with Gasteiger partial charge in [0.2, 0.25) is 0 Å². The fourth-order valence-corrected chi connectivity index (χ4v) is 5.93. The summed E-state index contributed by atoms with van der Waals surface area (Å²) in [6.45, 7) is 0. The van der Waals surface area contributed by atoms with E-state index in [9.17, 15) is 0 Å². The quantitative estimate of drug-likeness (QED) is 0.511. The second kappa shape index (κ2) is 2.57. The molecule has 0 N–H and O–H groups in total. The van der Waals surface area contributed by atoms with Crippen molar-refractivity contribution in [2.45, 2.75) is 10.4 Å². The van der Waals surface area contributed by atoms with E-state index >= 15 is 0 Å². The van der Waals surface area contributed by atoms with E-state index in [0.29, 0.717) is 3.93 Å². The van der Waals surface area contributed by atoms with Gasteiger partial charge in [-0.1, -0.05) is 0 Å². The molecule has 1 rings (SSSR count). The van der Waals surface area contributed by atoms with Crippen molar-refractivity contribution in [3.05, 3.63) is 12.2 Å². The normalized spacial score (nSPS) is 27.6. The van der Waals surface area contributed by atoms with E-state index in [4.69, 9.17) is 26.8 Å². The van der Waals surface area contributed by atoms with Crippen LogP contribution in [0.15, 0.2) is 12.2 Å². The predicted molar refractivity (Wildman–Crippen MR) is 40.8 cm³/mol. The second-order valence-electron chi connectivity index (χ2n) is 1.81. The van der Waals surface area contributed by atoms with Crippen LogP contribution in [0.25, 0.3) is 0 Å². The van der Waals surface area contributed by atoms with E-state index in [-0.39, 0.29) is 0 Å². The first-order valence-corrected chi connectivity index (χ1v) is 14.8. The number of hydrogen-bond acceptors (Lipinski definition) is 0. The molecule has 0 aromatic heterocycles. The van der Waals surface area contributed by atoms with E-state index in [0.717, 1.165) is 6.42 Å². The van der Waals surface area contributed by atoms with Gasteiger partial charge in [-0.2, -0.15) is 0 Å². The van der Waals surface area contributed by atoms with Crippen molar-refractivity contribution in [2.24, 2.45) is 0 Å². The molecule has 4 heteroatoms. The average molecular weight is 278 g/mol. The first kappa shape index (κ1) is 7.51. The molecule has 0 spiro atoms. The fourth-order valence-electron chi connectivity index (χ4n) is 0.515. The monoisotopic (exact) mass is 278 g/mol. The molecule has 1 atom stereocenters. The summed E-state index contributed by atoms with van der Waals surface area (Å²) in [5.74, 6) is 0. The van der Waals surface area contributed by atoms with Crippen molar-refractivity contribution in [1.29, 1.82) is 0 Å². The fraction of sp³-hybridized carbons (Fsp3) is 0.500. The molecule has 0 nitrogen and oxygen atoms in total. The van der Waals surface area contributed by atoms with Crippen molar-refractivity contribution < 1.29 is 0 Å². The number of hydrogen-bond donors (Lipinski definition) is 0. The Morgan fingerprint density at radius 3 is 1.88 bits per heavy atom. The molecular weight excluding hydrogens is 273 g/mol. The summed E-state index contributed by atoms with van der Waals surface area (Å²) in [5, 5.41) is 0. The molecule has 1 aliphatic carbocycles. The van der Waals surface area contributed by atoms with Gasteiger partial charge < -0.3 is 0 Å². The minimum atomic E-state index is -2.99. The van der Waals surface area contributed by atoms with E-state index < -0.39 is 15.0 Å². The molecule has 46 valence electrons. The molecule has 0 heterocycles. The summed E-state index contributed by atoms with van der Waals surface area (Å²) < 4.78 is 0.356. The zero-order chi connectivity index (χ0) is 6.20. The van der Waals surface area contributed by atoms with Crippen molar-refractivity contribution >= 4 is 41.8 Å². The maximum absolute atomic E-state index is 5.72. The minimum absolute atomic E-state index is 0.356. The van der Waals surface area contributed by atoms with Gasteiger partial charge in [0, 0.05) is 0 Å². The summed E-state index contributed by atoms with van der Waals surface area (Å²) in [6, 6.07) is 0. The predicted octanol–water partition coefficient (Wildman–Crippen LogP) is 2.97. The zero-order valence-electron chi connectivity index (χ0n) is 4.07. The van der Waals surface area contributed by atoms with Crippen LogP contribution in [0.5, 0.6) is 0 Å². The molecule has 0 amide bonds. The van der Waals surface area contributed by atoms with Crippen LogP contribution in [-0.2, 0) is 0 Å². The van der Waals surface area contributed by atoms with Crippen molar-refractivity contribution in [3.63, 3.8) is 0 Å². The summed E-state index contributed by atoms with van der Waals surface area (Å²) in [4.78, 5) is 0. The van der Waals surface area contributed by atoms with Crippen LogP contribution in [0.1, 0.15) is 6.42 Å². The number of allylic oxidation sites excluding steroid dienone is 2. The Morgan fingerprint density at radius 1 is 1.38 bits per heavy atom. The third-order valence-corrected chi connectivity index (χ3v) is 10.4. The van der Waals surface area contributed by atoms with Gasteiger partial charge in [0.15, 0.2) is 0 Å². The third-order valence-electron chi connectivity index (χ3n) is 1.18. The van der Waals surface area contributed by atoms with Crippen LogP contribution in [-0.4, -0.2) is 15.0 Å². The molecule has 0 radical (unpaired) electrons. The summed E-state index contributed by atoms with van der Waals surface area (Å²) >= 11 is -2.99. The summed E-state index contributed by atoms with van der Waals surface area (Å²) in [5.41, 5.74) is 0. The molecule has 0 aromatic carbocycles. The molecular formula is C4H5Cl3Sn. The van der Waals surface area contributed by atoms with Crippen molar-refractivity contribution in [3.8, 4) is 0 Å².